The maximum Gasteiger partial charge on any atom is 0.304 e. The lowest BCUT2D eigenvalue weighted by Gasteiger charge is -2.11. The summed E-state index contributed by atoms with van der Waals surface area (Å²) < 4.78 is 4.64. The van der Waals surface area contributed by atoms with Gasteiger partial charge in [0.2, 0.25) is 0 Å². The molecule has 0 aliphatic rings. The Kier molecular flexibility index (Phi) is 3.62. The van der Waals surface area contributed by atoms with Gasteiger partial charge in [0, 0.05) is 12.8 Å². The van der Waals surface area contributed by atoms with Crippen LogP contribution < -0.4 is 0 Å². The van der Waals surface area contributed by atoms with Crippen molar-refractivity contribution in [1.29, 1.82) is 0 Å². The number of hydrogen-bond donors (Lipinski definition) is 0. The van der Waals surface area contributed by atoms with Gasteiger partial charge in [0.05, 0.1) is 0 Å². The SMILES string of the molecule is CC(=O)OC(Cl)C(C)C. The molecular formula is C6H11ClO2. The minimum absolute atomic E-state index is 0.176. The van der Waals surface area contributed by atoms with Crippen LogP contribution in [-0.4, -0.2) is 11.5 Å². The van der Waals surface area contributed by atoms with Gasteiger partial charge in [-0.3, -0.25) is 4.79 Å². The van der Waals surface area contributed by atoms with Gasteiger partial charge in [-0.25, -0.2) is 0 Å². The Hall–Kier alpha value is -0.240. The van der Waals surface area contributed by atoms with E-state index in [1.807, 2.05) is 13.8 Å². The summed E-state index contributed by atoms with van der Waals surface area (Å²) in [6.45, 7) is 5.12. The van der Waals surface area contributed by atoms with Crippen LogP contribution in [-0.2, 0) is 9.53 Å². The molecule has 0 N–H and O–H groups in total. The number of halogens is 1. The summed E-state index contributed by atoms with van der Waals surface area (Å²) in [5.74, 6) is -0.153. The summed E-state index contributed by atoms with van der Waals surface area (Å²) in [6, 6.07) is 0. The highest BCUT2D eigenvalue weighted by molar-refractivity contribution is 6.20. The Morgan fingerprint density at radius 2 is 2.00 bits per heavy atom. The van der Waals surface area contributed by atoms with Crippen LogP contribution in [0.4, 0.5) is 0 Å². The van der Waals surface area contributed by atoms with Crippen molar-refractivity contribution >= 4 is 17.6 Å². The molecule has 0 amide bonds. The third-order valence-corrected chi connectivity index (χ3v) is 1.40. The van der Waals surface area contributed by atoms with Crippen LogP contribution >= 0.6 is 11.6 Å². The van der Waals surface area contributed by atoms with E-state index < -0.39 is 5.56 Å². The summed E-state index contributed by atoms with van der Waals surface area (Å²) in [6.07, 6.45) is 0. The number of hydrogen-bond acceptors (Lipinski definition) is 2. The summed E-state index contributed by atoms with van der Waals surface area (Å²) >= 11 is 5.57. The summed E-state index contributed by atoms with van der Waals surface area (Å²) in [4.78, 5) is 10.3. The second-order valence-corrected chi connectivity index (χ2v) is 2.63. The third kappa shape index (κ3) is 4.28. The Balaban J connectivity index is 3.50. The fourth-order valence-corrected chi connectivity index (χ4v) is 0.420. The molecule has 1 atom stereocenters. The lowest BCUT2D eigenvalue weighted by Crippen LogP contribution is -2.15. The summed E-state index contributed by atoms with van der Waals surface area (Å²) in [7, 11) is 0. The molecule has 0 saturated heterocycles. The monoisotopic (exact) mass is 150 g/mol. The number of carbonyl (C=O) groups excluding carboxylic acids is 1. The van der Waals surface area contributed by atoms with Gasteiger partial charge in [0.15, 0.2) is 5.56 Å². The van der Waals surface area contributed by atoms with Crippen molar-refractivity contribution in [2.45, 2.75) is 26.3 Å². The van der Waals surface area contributed by atoms with Gasteiger partial charge in [0.25, 0.3) is 0 Å². The highest BCUT2D eigenvalue weighted by atomic mass is 35.5. The molecule has 0 aliphatic carbocycles. The van der Waals surface area contributed by atoms with Crippen LogP contribution in [0.15, 0.2) is 0 Å². The molecule has 0 fully saturated rings. The minimum Gasteiger partial charge on any atom is -0.446 e. The fourth-order valence-electron chi connectivity index (χ4n) is 0.295. The van der Waals surface area contributed by atoms with E-state index in [-0.39, 0.29) is 11.9 Å². The molecule has 0 radical (unpaired) electrons. The zero-order valence-corrected chi connectivity index (χ0v) is 6.61. The minimum atomic E-state index is -0.484. The van der Waals surface area contributed by atoms with Crippen LogP contribution in [0.25, 0.3) is 0 Å². The van der Waals surface area contributed by atoms with Crippen molar-refractivity contribution in [2.75, 3.05) is 0 Å². The first-order valence-corrected chi connectivity index (χ1v) is 3.29. The van der Waals surface area contributed by atoms with Crippen LogP contribution in [0.1, 0.15) is 20.8 Å². The van der Waals surface area contributed by atoms with E-state index in [4.69, 9.17) is 11.6 Å². The van der Waals surface area contributed by atoms with E-state index in [9.17, 15) is 4.79 Å². The predicted molar refractivity (Wildman–Crippen MR) is 36.2 cm³/mol. The maximum atomic E-state index is 10.3. The maximum absolute atomic E-state index is 10.3. The molecule has 0 saturated carbocycles. The highest BCUT2D eigenvalue weighted by Gasteiger charge is 2.11. The van der Waals surface area contributed by atoms with Gasteiger partial charge in [-0.15, -0.1) is 0 Å². The average molecular weight is 151 g/mol. The molecule has 1 unspecified atom stereocenters. The zero-order chi connectivity index (χ0) is 7.44. The van der Waals surface area contributed by atoms with Crippen molar-refractivity contribution in [3.8, 4) is 0 Å². The predicted octanol–water partition coefficient (Wildman–Crippen LogP) is 1.77. The van der Waals surface area contributed by atoms with Gasteiger partial charge >= 0.3 is 5.97 Å². The topological polar surface area (TPSA) is 26.3 Å². The van der Waals surface area contributed by atoms with Gasteiger partial charge < -0.3 is 4.74 Å². The fraction of sp³-hybridized carbons (Fsp3) is 0.833. The van der Waals surface area contributed by atoms with E-state index in [1.165, 1.54) is 6.92 Å². The average Bonchev–Trinajstić information content (AvgIpc) is 1.63. The first-order valence-electron chi connectivity index (χ1n) is 2.85. The van der Waals surface area contributed by atoms with Crippen molar-refractivity contribution in [3.63, 3.8) is 0 Å². The summed E-state index contributed by atoms with van der Waals surface area (Å²) in [5, 5.41) is 0. The Labute approximate surface area is 60.1 Å². The van der Waals surface area contributed by atoms with Gasteiger partial charge in [-0.1, -0.05) is 25.4 Å². The molecule has 0 aromatic heterocycles. The van der Waals surface area contributed by atoms with E-state index >= 15 is 0 Å². The molecular weight excluding hydrogens is 140 g/mol. The third-order valence-electron chi connectivity index (χ3n) is 0.803. The largest absolute Gasteiger partial charge is 0.446 e. The Bertz CT molecular complexity index is 101. The molecule has 0 aromatic rings. The highest BCUT2D eigenvalue weighted by Crippen LogP contribution is 2.10. The van der Waals surface area contributed by atoms with Crippen molar-refractivity contribution < 1.29 is 9.53 Å². The first kappa shape index (κ1) is 8.76. The Morgan fingerprint density at radius 1 is 1.56 bits per heavy atom. The quantitative estimate of drug-likeness (QED) is 0.443. The zero-order valence-electron chi connectivity index (χ0n) is 5.85. The van der Waals surface area contributed by atoms with E-state index in [2.05, 4.69) is 4.74 Å². The number of carbonyl (C=O) groups is 1. The van der Waals surface area contributed by atoms with Crippen molar-refractivity contribution in [3.05, 3.63) is 0 Å². The lowest BCUT2D eigenvalue weighted by molar-refractivity contribution is -0.144. The van der Waals surface area contributed by atoms with Crippen molar-refractivity contribution in [1.82, 2.24) is 0 Å². The number of rotatable bonds is 2. The van der Waals surface area contributed by atoms with Crippen LogP contribution in [0.5, 0.6) is 0 Å². The molecule has 3 heteroatoms. The normalized spacial score (nSPS) is 13.4. The van der Waals surface area contributed by atoms with Crippen LogP contribution in [0.2, 0.25) is 0 Å². The number of ether oxygens (including phenoxy) is 1. The van der Waals surface area contributed by atoms with E-state index in [1.54, 1.807) is 0 Å². The molecule has 2 nitrogen and oxygen atoms in total. The van der Waals surface area contributed by atoms with Gasteiger partial charge in [0.1, 0.15) is 0 Å². The first-order chi connectivity index (χ1) is 4.04. The van der Waals surface area contributed by atoms with E-state index in [0.29, 0.717) is 0 Å². The molecule has 9 heavy (non-hydrogen) atoms. The van der Waals surface area contributed by atoms with Crippen LogP contribution in [0.3, 0.4) is 0 Å². The summed E-state index contributed by atoms with van der Waals surface area (Å²) in [5.41, 5.74) is -0.484. The van der Waals surface area contributed by atoms with Gasteiger partial charge in [-0.05, 0) is 0 Å². The van der Waals surface area contributed by atoms with E-state index in [0.717, 1.165) is 0 Å². The molecule has 0 aliphatic heterocycles. The molecule has 54 valence electrons. The molecule has 0 rings (SSSR count). The second-order valence-electron chi connectivity index (χ2n) is 2.20. The number of esters is 1. The standard InChI is InChI=1S/C6H11ClO2/c1-4(2)6(7)9-5(3)8/h4,6H,1-3H3. The molecule has 0 bridgehead atoms. The second kappa shape index (κ2) is 3.72. The number of alkyl halides is 1. The van der Waals surface area contributed by atoms with Crippen LogP contribution in [0, 0.1) is 5.92 Å². The van der Waals surface area contributed by atoms with Gasteiger partial charge in [-0.2, -0.15) is 0 Å². The lowest BCUT2D eigenvalue weighted by atomic mass is 10.2. The molecule has 0 spiro atoms. The van der Waals surface area contributed by atoms with Crippen molar-refractivity contribution in [2.24, 2.45) is 5.92 Å². The molecule has 0 aromatic carbocycles. The molecule has 0 heterocycles. The smallest absolute Gasteiger partial charge is 0.304 e. The Morgan fingerprint density at radius 3 is 2.11 bits per heavy atom.